The summed E-state index contributed by atoms with van der Waals surface area (Å²) in [6, 6.07) is -0.584. The Hall–Kier alpha value is -0.780. The highest BCUT2D eigenvalue weighted by atomic mass is 32.2. The molecule has 0 aliphatic carbocycles. The summed E-state index contributed by atoms with van der Waals surface area (Å²) in [7, 11) is -1.45. The van der Waals surface area contributed by atoms with E-state index in [-0.39, 0.29) is 11.5 Å². The third-order valence-corrected chi connectivity index (χ3v) is 4.51. The van der Waals surface area contributed by atoms with Gasteiger partial charge < -0.3 is 10.6 Å². The number of hydrogen-bond donors (Lipinski definition) is 1. The molecule has 13 heavy (non-hydrogen) atoms. The largest absolute Gasteiger partial charge is 0.351 e. The summed E-state index contributed by atoms with van der Waals surface area (Å²) >= 11 is 0. The molecule has 1 heterocycles. The number of rotatable bonds is 1. The molecule has 1 saturated heterocycles. The molecule has 1 unspecified atom stereocenters. The average molecular weight is 206 g/mol. The summed E-state index contributed by atoms with van der Waals surface area (Å²) in [4.78, 5) is 12.2. The van der Waals surface area contributed by atoms with Crippen LogP contribution in [0.25, 0.3) is 0 Å². The minimum absolute atomic E-state index is 0.0133. The van der Waals surface area contributed by atoms with Crippen molar-refractivity contribution in [3.8, 4) is 0 Å². The van der Waals surface area contributed by atoms with E-state index in [0.29, 0.717) is 6.42 Å². The van der Waals surface area contributed by atoms with Crippen LogP contribution in [0.4, 0.5) is 4.79 Å². The number of sulfone groups is 1. The van der Waals surface area contributed by atoms with E-state index in [1.165, 1.54) is 11.9 Å². The number of primary amides is 1. The maximum Gasteiger partial charge on any atom is 0.315 e. The topological polar surface area (TPSA) is 80.5 Å². The molecular formula is C7H14N2O3S. The first-order chi connectivity index (χ1) is 5.77. The van der Waals surface area contributed by atoms with Gasteiger partial charge in [-0.25, -0.2) is 13.2 Å². The molecule has 0 bridgehead atoms. The van der Waals surface area contributed by atoms with Crippen molar-refractivity contribution in [2.45, 2.75) is 18.9 Å². The van der Waals surface area contributed by atoms with E-state index in [4.69, 9.17) is 5.73 Å². The van der Waals surface area contributed by atoms with Crippen LogP contribution in [0.2, 0.25) is 0 Å². The second-order valence-corrected chi connectivity index (χ2v) is 5.92. The van der Waals surface area contributed by atoms with Gasteiger partial charge in [-0.1, -0.05) is 0 Å². The van der Waals surface area contributed by atoms with E-state index in [2.05, 4.69) is 0 Å². The lowest BCUT2D eigenvalue weighted by Gasteiger charge is -2.32. The van der Waals surface area contributed by atoms with Crippen molar-refractivity contribution in [3.05, 3.63) is 0 Å². The molecule has 2 N–H and O–H groups in total. The highest BCUT2D eigenvalue weighted by Crippen LogP contribution is 2.27. The highest BCUT2D eigenvalue weighted by molar-refractivity contribution is 7.91. The van der Waals surface area contributed by atoms with E-state index >= 15 is 0 Å². The quantitative estimate of drug-likeness (QED) is 0.632. The molecule has 2 amide bonds. The number of carbonyl (C=O) groups is 1. The van der Waals surface area contributed by atoms with Gasteiger partial charge in [0.1, 0.15) is 0 Å². The van der Waals surface area contributed by atoms with Crippen LogP contribution in [0, 0.1) is 0 Å². The normalized spacial score (nSPS) is 31.5. The second kappa shape index (κ2) is 2.87. The number of hydrogen-bond acceptors (Lipinski definition) is 3. The summed E-state index contributed by atoms with van der Waals surface area (Å²) in [6.07, 6.45) is 0.467. The molecule has 1 aliphatic rings. The number of nitrogens with zero attached hydrogens (tertiary/aromatic N) is 1. The fourth-order valence-corrected chi connectivity index (χ4v) is 3.70. The van der Waals surface area contributed by atoms with Crippen LogP contribution >= 0.6 is 0 Å². The minimum atomic E-state index is -2.98. The molecule has 1 fully saturated rings. The monoisotopic (exact) mass is 206 g/mol. The van der Waals surface area contributed by atoms with Crippen LogP contribution in [-0.2, 0) is 9.84 Å². The summed E-state index contributed by atoms with van der Waals surface area (Å²) in [5.74, 6) is 0.153. The smallest absolute Gasteiger partial charge is 0.315 e. The fraction of sp³-hybridized carbons (Fsp3) is 0.857. The number of nitrogens with two attached hydrogens (primary N) is 1. The molecule has 0 aromatic carbocycles. The van der Waals surface area contributed by atoms with Crippen LogP contribution in [0.1, 0.15) is 13.3 Å². The Morgan fingerprint density at radius 3 is 2.38 bits per heavy atom. The van der Waals surface area contributed by atoms with E-state index in [1.807, 2.05) is 0 Å². The Kier molecular flexibility index (Phi) is 2.27. The first-order valence-electron chi connectivity index (χ1n) is 4.01. The first kappa shape index (κ1) is 10.3. The zero-order valence-corrected chi connectivity index (χ0v) is 8.60. The average Bonchev–Trinajstić information content (AvgIpc) is 2.25. The molecule has 1 atom stereocenters. The lowest BCUT2D eigenvalue weighted by atomic mass is 10.0. The first-order valence-corrected chi connectivity index (χ1v) is 5.83. The van der Waals surface area contributed by atoms with Crippen molar-refractivity contribution < 1.29 is 13.2 Å². The van der Waals surface area contributed by atoms with Crippen molar-refractivity contribution in [1.82, 2.24) is 4.90 Å². The second-order valence-electron chi connectivity index (χ2n) is 3.74. The fourth-order valence-electron chi connectivity index (χ4n) is 1.52. The van der Waals surface area contributed by atoms with Crippen molar-refractivity contribution >= 4 is 15.9 Å². The van der Waals surface area contributed by atoms with Gasteiger partial charge >= 0.3 is 6.03 Å². The van der Waals surface area contributed by atoms with E-state index in [9.17, 15) is 13.2 Å². The predicted molar refractivity (Wildman–Crippen MR) is 49.0 cm³/mol. The van der Waals surface area contributed by atoms with E-state index in [1.54, 1.807) is 6.92 Å². The third-order valence-electron chi connectivity index (χ3n) is 2.62. The predicted octanol–water partition coefficient (Wildman–Crippen LogP) is -0.426. The SMILES string of the molecule is CN(C(N)=O)C1(C)CCS(=O)(=O)C1. The zero-order valence-electron chi connectivity index (χ0n) is 7.78. The van der Waals surface area contributed by atoms with Crippen molar-refractivity contribution in [2.75, 3.05) is 18.6 Å². The van der Waals surface area contributed by atoms with E-state index < -0.39 is 21.4 Å². The van der Waals surface area contributed by atoms with Crippen LogP contribution in [-0.4, -0.2) is 43.4 Å². The van der Waals surface area contributed by atoms with Crippen LogP contribution in [0.5, 0.6) is 0 Å². The van der Waals surface area contributed by atoms with Gasteiger partial charge in [0.25, 0.3) is 0 Å². The summed E-state index contributed by atoms with van der Waals surface area (Å²) < 4.78 is 22.4. The highest BCUT2D eigenvalue weighted by Gasteiger charge is 2.42. The molecule has 0 radical (unpaired) electrons. The molecule has 1 rings (SSSR count). The lowest BCUT2D eigenvalue weighted by molar-refractivity contribution is 0.168. The number of amides is 2. The molecule has 0 aromatic heterocycles. The van der Waals surface area contributed by atoms with Gasteiger partial charge in [-0.15, -0.1) is 0 Å². The van der Waals surface area contributed by atoms with Gasteiger partial charge in [0.15, 0.2) is 9.84 Å². The molecule has 76 valence electrons. The standard InChI is InChI=1S/C7H14N2O3S/c1-7(9(2)6(8)10)3-4-13(11,12)5-7/h3-5H2,1-2H3,(H2,8,10). The molecule has 0 spiro atoms. The van der Waals surface area contributed by atoms with Gasteiger partial charge in [0.2, 0.25) is 0 Å². The summed E-state index contributed by atoms with van der Waals surface area (Å²) in [5.41, 5.74) is 4.46. The van der Waals surface area contributed by atoms with Crippen molar-refractivity contribution in [2.24, 2.45) is 5.73 Å². The Balaban J connectivity index is 2.87. The summed E-state index contributed by atoms with van der Waals surface area (Å²) in [5, 5.41) is 0. The summed E-state index contributed by atoms with van der Waals surface area (Å²) in [6.45, 7) is 1.74. The van der Waals surface area contributed by atoms with Gasteiger partial charge in [0, 0.05) is 7.05 Å². The maximum atomic E-state index is 11.2. The maximum absolute atomic E-state index is 11.2. The van der Waals surface area contributed by atoms with Gasteiger partial charge in [-0.2, -0.15) is 0 Å². The zero-order chi connectivity index (χ0) is 10.3. The van der Waals surface area contributed by atoms with Gasteiger partial charge in [-0.3, -0.25) is 0 Å². The van der Waals surface area contributed by atoms with Crippen LogP contribution < -0.4 is 5.73 Å². The third kappa shape index (κ3) is 1.93. The molecular weight excluding hydrogens is 192 g/mol. The lowest BCUT2D eigenvalue weighted by Crippen LogP contribution is -2.50. The molecule has 0 aromatic rings. The molecule has 6 heteroatoms. The number of urea groups is 1. The van der Waals surface area contributed by atoms with Crippen LogP contribution in [0.3, 0.4) is 0 Å². The van der Waals surface area contributed by atoms with Crippen LogP contribution in [0.15, 0.2) is 0 Å². The van der Waals surface area contributed by atoms with Gasteiger partial charge in [0.05, 0.1) is 17.0 Å². The molecule has 5 nitrogen and oxygen atoms in total. The van der Waals surface area contributed by atoms with Crippen molar-refractivity contribution in [3.63, 3.8) is 0 Å². The Morgan fingerprint density at radius 1 is 1.54 bits per heavy atom. The Morgan fingerprint density at radius 2 is 2.08 bits per heavy atom. The number of carbonyl (C=O) groups excluding carboxylic acids is 1. The molecule has 1 aliphatic heterocycles. The van der Waals surface area contributed by atoms with E-state index in [0.717, 1.165) is 0 Å². The molecule has 0 saturated carbocycles. The Bertz CT molecular complexity index is 325. The minimum Gasteiger partial charge on any atom is -0.351 e. The Labute approximate surface area is 77.8 Å². The van der Waals surface area contributed by atoms with Gasteiger partial charge in [-0.05, 0) is 13.3 Å². The van der Waals surface area contributed by atoms with Crippen molar-refractivity contribution in [1.29, 1.82) is 0 Å².